The van der Waals surface area contributed by atoms with Crippen molar-refractivity contribution in [2.45, 2.75) is 75.7 Å². The summed E-state index contributed by atoms with van der Waals surface area (Å²) in [5.41, 5.74) is 6.17. The molecule has 5 aliphatic rings. The van der Waals surface area contributed by atoms with Gasteiger partial charge in [0.2, 0.25) is 11.8 Å². The molecule has 4 bridgehead atoms. The SMILES string of the molecule is NC(=O)C12CC3C[C@H](C1)C(NC(=O)C1(c4ccc(Cl)cc4)CCCCC1)[C@@H](C3)C2. The van der Waals surface area contributed by atoms with Crippen molar-refractivity contribution in [2.24, 2.45) is 28.9 Å². The van der Waals surface area contributed by atoms with Crippen molar-refractivity contribution in [2.75, 3.05) is 0 Å². The summed E-state index contributed by atoms with van der Waals surface area (Å²) in [7, 11) is 0. The number of halogens is 1. The first-order chi connectivity index (χ1) is 13.9. The van der Waals surface area contributed by atoms with Crippen molar-refractivity contribution in [3.05, 3.63) is 34.9 Å². The molecule has 156 valence electrons. The number of primary amides is 1. The molecule has 1 aromatic rings. The molecule has 0 aromatic heterocycles. The third-order valence-corrected chi connectivity index (χ3v) is 8.88. The van der Waals surface area contributed by atoms with Gasteiger partial charge in [-0.05, 0) is 80.4 Å². The average Bonchev–Trinajstić information content (AvgIpc) is 2.71. The van der Waals surface area contributed by atoms with Gasteiger partial charge in [-0.3, -0.25) is 9.59 Å². The summed E-state index contributed by atoms with van der Waals surface area (Å²) >= 11 is 6.11. The smallest absolute Gasteiger partial charge is 0.230 e. The van der Waals surface area contributed by atoms with E-state index in [2.05, 4.69) is 5.32 Å². The van der Waals surface area contributed by atoms with E-state index in [1.54, 1.807) is 0 Å². The molecule has 0 radical (unpaired) electrons. The van der Waals surface area contributed by atoms with Crippen LogP contribution in [0.5, 0.6) is 0 Å². The number of amides is 2. The maximum absolute atomic E-state index is 13.8. The van der Waals surface area contributed by atoms with Crippen molar-refractivity contribution in [1.82, 2.24) is 5.32 Å². The summed E-state index contributed by atoms with van der Waals surface area (Å²) in [6.07, 6.45) is 10.1. The van der Waals surface area contributed by atoms with Gasteiger partial charge >= 0.3 is 0 Å². The number of rotatable bonds is 4. The summed E-state index contributed by atoms with van der Waals surface area (Å²) in [5.74, 6) is 1.46. The quantitative estimate of drug-likeness (QED) is 0.769. The van der Waals surface area contributed by atoms with Crippen molar-refractivity contribution in [3.63, 3.8) is 0 Å². The molecule has 0 spiro atoms. The van der Waals surface area contributed by atoms with Gasteiger partial charge in [0.05, 0.1) is 5.41 Å². The molecule has 1 aromatic carbocycles. The largest absolute Gasteiger partial charge is 0.369 e. The third-order valence-electron chi connectivity index (χ3n) is 8.63. The van der Waals surface area contributed by atoms with Gasteiger partial charge < -0.3 is 11.1 Å². The Morgan fingerprint density at radius 3 is 2.17 bits per heavy atom. The van der Waals surface area contributed by atoms with Gasteiger partial charge in [0.15, 0.2) is 0 Å². The van der Waals surface area contributed by atoms with Crippen molar-refractivity contribution in [3.8, 4) is 0 Å². The number of benzene rings is 1. The Labute approximate surface area is 177 Å². The number of hydrogen-bond donors (Lipinski definition) is 2. The number of nitrogens with two attached hydrogens (primary N) is 1. The maximum Gasteiger partial charge on any atom is 0.230 e. The number of nitrogens with one attached hydrogen (secondary N) is 1. The van der Waals surface area contributed by atoms with Crippen LogP contribution >= 0.6 is 11.6 Å². The topological polar surface area (TPSA) is 72.2 Å². The molecule has 2 amide bonds. The summed E-state index contributed by atoms with van der Waals surface area (Å²) in [4.78, 5) is 26.0. The molecule has 0 aliphatic heterocycles. The number of carbonyl (C=O) groups is 2. The summed E-state index contributed by atoms with van der Waals surface area (Å²) in [6, 6.07) is 8.07. The number of carbonyl (C=O) groups excluding carboxylic acids is 2. The van der Waals surface area contributed by atoms with Crippen LogP contribution in [0.3, 0.4) is 0 Å². The minimum absolute atomic E-state index is 0.119. The van der Waals surface area contributed by atoms with Crippen LogP contribution in [-0.2, 0) is 15.0 Å². The van der Waals surface area contributed by atoms with E-state index >= 15 is 0 Å². The van der Waals surface area contributed by atoms with Crippen LogP contribution in [0.15, 0.2) is 24.3 Å². The van der Waals surface area contributed by atoms with Crippen LogP contribution in [0.4, 0.5) is 0 Å². The molecular formula is C24H31ClN2O2. The highest BCUT2D eigenvalue weighted by atomic mass is 35.5. The lowest BCUT2D eigenvalue weighted by Gasteiger charge is -2.59. The third kappa shape index (κ3) is 3.10. The van der Waals surface area contributed by atoms with Gasteiger partial charge in [0.1, 0.15) is 0 Å². The Morgan fingerprint density at radius 1 is 0.966 bits per heavy atom. The normalized spacial score (nSPS) is 37.3. The van der Waals surface area contributed by atoms with Crippen LogP contribution in [0.2, 0.25) is 5.02 Å². The summed E-state index contributed by atoms with van der Waals surface area (Å²) in [5, 5.41) is 4.22. The average molecular weight is 415 g/mol. The summed E-state index contributed by atoms with van der Waals surface area (Å²) in [6.45, 7) is 0. The fraction of sp³-hybridized carbons (Fsp3) is 0.667. The van der Waals surface area contributed by atoms with Crippen molar-refractivity contribution >= 4 is 23.4 Å². The molecular weight excluding hydrogens is 384 g/mol. The molecule has 3 unspecified atom stereocenters. The van der Waals surface area contributed by atoms with Crippen LogP contribution in [-0.4, -0.2) is 17.9 Å². The van der Waals surface area contributed by atoms with E-state index in [9.17, 15) is 9.59 Å². The molecule has 3 N–H and O–H groups in total. The van der Waals surface area contributed by atoms with Gasteiger partial charge in [-0.25, -0.2) is 0 Å². The first-order valence-electron chi connectivity index (χ1n) is 11.3. The Kier molecular flexibility index (Phi) is 4.69. The molecule has 5 saturated carbocycles. The van der Waals surface area contributed by atoms with Crippen molar-refractivity contribution in [1.29, 1.82) is 0 Å². The van der Waals surface area contributed by atoms with Crippen LogP contribution in [0.25, 0.3) is 0 Å². The lowest BCUT2D eigenvalue weighted by molar-refractivity contribution is -0.148. The Hall–Kier alpha value is -1.55. The molecule has 5 atom stereocenters. The highest BCUT2D eigenvalue weighted by molar-refractivity contribution is 6.30. The van der Waals surface area contributed by atoms with Crippen LogP contribution in [0.1, 0.15) is 69.8 Å². The molecule has 5 heteroatoms. The van der Waals surface area contributed by atoms with Gasteiger partial charge in [-0.15, -0.1) is 0 Å². The second-order valence-electron chi connectivity index (χ2n) is 10.3. The van der Waals surface area contributed by atoms with E-state index in [4.69, 9.17) is 17.3 Å². The molecule has 5 fully saturated rings. The lowest BCUT2D eigenvalue weighted by atomic mass is 9.47. The Balaban J connectivity index is 1.40. The zero-order chi connectivity index (χ0) is 20.2. The fourth-order valence-corrected chi connectivity index (χ4v) is 7.55. The highest BCUT2D eigenvalue weighted by Gasteiger charge is 2.58. The first kappa shape index (κ1) is 19.4. The lowest BCUT2D eigenvalue weighted by Crippen LogP contribution is -2.63. The van der Waals surface area contributed by atoms with Gasteiger partial charge in [0, 0.05) is 16.5 Å². The van der Waals surface area contributed by atoms with E-state index in [0.717, 1.165) is 63.4 Å². The van der Waals surface area contributed by atoms with E-state index in [1.165, 1.54) is 6.42 Å². The summed E-state index contributed by atoms with van der Waals surface area (Å²) < 4.78 is 0. The molecule has 0 heterocycles. The minimum Gasteiger partial charge on any atom is -0.369 e. The van der Waals surface area contributed by atoms with Gasteiger partial charge in [0.25, 0.3) is 0 Å². The first-order valence-corrected chi connectivity index (χ1v) is 11.7. The van der Waals surface area contributed by atoms with Gasteiger partial charge in [-0.1, -0.05) is 43.0 Å². The van der Waals surface area contributed by atoms with Crippen molar-refractivity contribution < 1.29 is 9.59 Å². The molecule has 4 nitrogen and oxygen atoms in total. The predicted molar refractivity (Wildman–Crippen MR) is 113 cm³/mol. The van der Waals surface area contributed by atoms with Gasteiger partial charge in [-0.2, -0.15) is 0 Å². The van der Waals surface area contributed by atoms with Crippen LogP contribution < -0.4 is 11.1 Å². The highest BCUT2D eigenvalue weighted by Crippen LogP contribution is 2.60. The monoisotopic (exact) mass is 414 g/mol. The zero-order valence-electron chi connectivity index (χ0n) is 17.0. The second kappa shape index (κ2) is 7.01. The van der Waals surface area contributed by atoms with E-state index in [0.29, 0.717) is 22.8 Å². The molecule has 6 rings (SSSR count). The Bertz CT molecular complexity index is 799. The molecule has 0 saturated heterocycles. The Morgan fingerprint density at radius 2 is 1.59 bits per heavy atom. The zero-order valence-corrected chi connectivity index (χ0v) is 17.7. The molecule has 5 aliphatic carbocycles. The van der Waals surface area contributed by atoms with E-state index in [1.807, 2.05) is 24.3 Å². The minimum atomic E-state index is -0.446. The maximum atomic E-state index is 13.8. The molecule has 29 heavy (non-hydrogen) atoms. The predicted octanol–water partition coefficient (Wildman–Crippen LogP) is 4.34. The van der Waals surface area contributed by atoms with E-state index in [-0.39, 0.29) is 23.3 Å². The number of hydrogen-bond acceptors (Lipinski definition) is 2. The standard InChI is InChI=1S/C24H31ClN2O2/c25-19-6-4-18(5-7-19)24(8-2-1-3-9-24)22(29)27-20-16-10-15-11-17(20)14-23(12-15,13-16)21(26)28/h4-7,15-17,20H,1-3,8-14H2,(H2,26,28)(H,27,29)/t15?,16-,17+,20?,23?. The van der Waals surface area contributed by atoms with Crippen LogP contribution in [0, 0.1) is 23.2 Å². The second-order valence-corrected chi connectivity index (χ2v) is 10.7. The fourth-order valence-electron chi connectivity index (χ4n) is 7.42. The van der Waals surface area contributed by atoms with E-state index < -0.39 is 5.41 Å².